The summed E-state index contributed by atoms with van der Waals surface area (Å²) in [5.74, 6) is 0.514. The molecule has 0 aliphatic rings. The van der Waals surface area contributed by atoms with Crippen molar-refractivity contribution in [3.63, 3.8) is 0 Å². The Morgan fingerprint density at radius 3 is 2.33 bits per heavy atom. The predicted molar refractivity (Wildman–Crippen MR) is 70.7 cm³/mol. The van der Waals surface area contributed by atoms with Crippen molar-refractivity contribution in [3.05, 3.63) is 36.7 Å². The molecule has 0 unspecified atom stereocenters. The second-order valence-electron chi connectivity index (χ2n) is 3.97. The summed E-state index contributed by atoms with van der Waals surface area (Å²) in [6.07, 6.45) is 2.87. The highest BCUT2D eigenvalue weighted by Gasteiger charge is 2.18. The zero-order valence-electron chi connectivity index (χ0n) is 11.1. The Balaban J connectivity index is 2.84. The summed E-state index contributed by atoms with van der Waals surface area (Å²) in [6, 6.07) is 0. The van der Waals surface area contributed by atoms with Crippen LogP contribution in [0.15, 0.2) is 25.3 Å². The van der Waals surface area contributed by atoms with Crippen LogP contribution in [0.3, 0.4) is 0 Å². The van der Waals surface area contributed by atoms with Crippen molar-refractivity contribution in [2.45, 2.75) is 13.8 Å². The molecule has 0 aliphatic heterocycles. The van der Waals surface area contributed by atoms with E-state index in [1.165, 1.54) is 4.90 Å². The third kappa shape index (κ3) is 3.00. The van der Waals surface area contributed by atoms with Gasteiger partial charge in [0, 0.05) is 20.1 Å². The number of aryl methyl sites for hydroxylation is 2. The highest BCUT2D eigenvalue weighted by atomic mass is 16.6. The maximum absolute atomic E-state index is 12.0. The van der Waals surface area contributed by atoms with Crippen molar-refractivity contribution in [2.75, 3.05) is 13.1 Å². The third-order valence-corrected chi connectivity index (χ3v) is 2.59. The Morgan fingerprint density at radius 2 is 1.94 bits per heavy atom. The van der Waals surface area contributed by atoms with Gasteiger partial charge in [0.05, 0.1) is 5.69 Å². The molecular weight excluding hydrogens is 230 g/mol. The minimum Gasteiger partial charge on any atom is -0.406 e. The van der Waals surface area contributed by atoms with E-state index in [1.54, 1.807) is 23.8 Å². The highest BCUT2D eigenvalue weighted by molar-refractivity contribution is 5.71. The molecule has 0 radical (unpaired) electrons. The SMILES string of the molecule is C=CCN(CC=C)C(=O)Oc1c(C)nn(C)c1C. The van der Waals surface area contributed by atoms with E-state index in [1.807, 2.05) is 14.0 Å². The first kappa shape index (κ1) is 14.0. The molecular formula is C13H19N3O2. The summed E-state index contributed by atoms with van der Waals surface area (Å²) >= 11 is 0. The average Bonchev–Trinajstić information content (AvgIpc) is 2.55. The molecule has 0 atom stereocenters. The van der Waals surface area contributed by atoms with Crippen molar-refractivity contribution < 1.29 is 9.53 Å². The lowest BCUT2D eigenvalue weighted by molar-refractivity contribution is 0.161. The fourth-order valence-corrected chi connectivity index (χ4v) is 1.59. The molecule has 1 aromatic rings. The first-order valence-corrected chi connectivity index (χ1v) is 5.70. The molecule has 18 heavy (non-hydrogen) atoms. The van der Waals surface area contributed by atoms with Crippen LogP contribution >= 0.6 is 0 Å². The van der Waals surface area contributed by atoms with Gasteiger partial charge in [-0.3, -0.25) is 4.68 Å². The molecule has 5 nitrogen and oxygen atoms in total. The van der Waals surface area contributed by atoms with Crippen LogP contribution in [0.2, 0.25) is 0 Å². The minimum atomic E-state index is -0.422. The second-order valence-corrected chi connectivity index (χ2v) is 3.97. The Hall–Kier alpha value is -2.04. The molecule has 0 aliphatic carbocycles. The van der Waals surface area contributed by atoms with Crippen LogP contribution in [0.5, 0.6) is 5.75 Å². The van der Waals surface area contributed by atoms with Gasteiger partial charge in [0.15, 0.2) is 5.75 Å². The molecule has 0 spiro atoms. The van der Waals surface area contributed by atoms with E-state index in [2.05, 4.69) is 18.3 Å². The molecule has 0 aromatic carbocycles. The van der Waals surface area contributed by atoms with Gasteiger partial charge >= 0.3 is 6.09 Å². The van der Waals surface area contributed by atoms with Crippen molar-refractivity contribution in [3.8, 4) is 5.75 Å². The zero-order chi connectivity index (χ0) is 13.7. The quantitative estimate of drug-likeness (QED) is 0.752. The number of rotatable bonds is 5. The number of aromatic nitrogens is 2. The van der Waals surface area contributed by atoms with Crippen LogP contribution < -0.4 is 4.74 Å². The van der Waals surface area contributed by atoms with E-state index in [4.69, 9.17) is 4.74 Å². The van der Waals surface area contributed by atoms with Gasteiger partial charge < -0.3 is 9.64 Å². The van der Waals surface area contributed by atoms with Crippen molar-refractivity contribution in [2.24, 2.45) is 7.05 Å². The van der Waals surface area contributed by atoms with E-state index in [9.17, 15) is 4.79 Å². The van der Waals surface area contributed by atoms with Crippen LogP contribution in [0.25, 0.3) is 0 Å². The lowest BCUT2D eigenvalue weighted by Gasteiger charge is -2.18. The number of amides is 1. The zero-order valence-corrected chi connectivity index (χ0v) is 11.1. The van der Waals surface area contributed by atoms with Gasteiger partial charge in [-0.05, 0) is 13.8 Å². The molecule has 0 saturated heterocycles. The first-order chi connectivity index (χ1) is 8.51. The lowest BCUT2D eigenvalue weighted by Crippen LogP contribution is -2.34. The first-order valence-electron chi connectivity index (χ1n) is 5.70. The molecule has 0 bridgehead atoms. The Bertz CT molecular complexity index is 453. The summed E-state index contributed by atoms with van der Waals surface area (Å²) in [5.41, 5.74) is 1.51. The topological polar surface area (TPSA) is 47.4 Å². The van der Waals surface area contributed by atoms with Crippen LogP contribution in [0.1, 0.15) is 11.4 Å². The van der Waals surface area contributed by atoms with E-state index in [0.717, 1.165) is 5.69 Å². The van der Waals surface area contributed by atoms with Crippen molar-refractivity contribution in [1.29, 1.82) is 0 Å². The van der Waals surface area contributed by atoms with E-state index >= 15 is 0 Å². The maximum atomic E-state index is 12.0. The van der Waals surface area contributed by atoms with Gasteiger partial charge in [-0.15, -0.1) is 13.2 Å². The highest BCUT2D eigenvalue weighted by Crippen LogP contribution is 2.22. The van der Waals surface area contributed by atoms with Crippen LogP contribution in [-0.2, 0) is 7.05 Å². The van der Waals surface area contributed by atoms with Gasteiger partial charge in [-0.2, -0.15) is 5.10 Å². The van der Waals surface area contributed by atoms with Gasteiger partial charge in [0.2, 0.25) is 0 Å². The van der Waals surface area contributed by atoms with Gasteiger partial charge in [0.1, 0.15) is 5.69 Å². The minimum absolute atomic E-state index is 0.420. The fourth-order valence-electron chi connectivity index (χ4n) is 1.59. The van der Waals surface area contributed by atoms with E-state index < -0.39 is 6.09 Å². The number of carbonyl (C=O) groups is 1. The Labute approximate surface area is 107 Å². The molecule has 1 heterocycles. The molecule has 98 valence electrons. The number of ether oxygens (including phenoxy) is 1. The van der Waals surface area contributed by atoms with E-state index in [-0.39, 0.29) is 0 Å². The Kier molecular flexibility index (Phi) is 4.71. The maximum Gasteiger partial charge on any atom is 0.415 e. The van der Waals surface area contributed by atoms with Gasteiger partial charge in [-0.25, -0.2) is 4.79 Å². The molecule has 1 amide bonds. The second kappa shape index (κ2) is 6.05. The molecule has 0 fully saturated rings. The van der Waals surface area contributed by atoms with Gasteiger partial charge in [-0.1, -0.05) is 12.2 Å². The summed E-state index contributed by atoms with van der Waals surface area (Å²) in [4.78, 5) is 13.5. The number of nitrogens with zero attached hydrogens (tertiary/aromatic N) is 3. The van der Waals surface area contributed by atoms with Crippen LogP contribution in [0.4, 0.5) is 4.79 Å². The standard InChI is InChI=1S/C13H19N3O2/c1-6-8-16(9-7-2)13(17)18-12-10(3)14-15(5)11(12)4/h6-7H,1-2,8-9H2,3-5H3. The third-order valence-electron chi connectivity index (χ3n) is 2.59. The largest absolute Gasteiger partial charge is 0.415 e. The Morgan fingerprint density at radius 1 is 1.39 bits per heavy atom. The van der Waals surface area contributed by atoms with Gasteiger partial charge in [0.25, 0.3) is 0 Å². The lowest BCUT2D eigenvalue weighted by atomic mass is 10.3. The van der Waals surface area contributed by atoms with E-state index in [0.29, 0.717) is 24.5 Å². The normalized spacial score (nSPS) is 9.94. The molecule has 5 heteroatoms. The van der Waals surface area contributed by atoms with Crippen LogP contribution in [-0.4, -0.2) is 33.9 Å². The molecule has 0 N–H and O–H groups in total. The summed E-state index contributed by atoms with van der Waals surface area (Å²) in [7, 11) is 1.81. The molecule has 1 aromatic heterocycles. The summed E-state index contributed by atoms with van der Waals surface area (Å²) in [6.45, 7) is 11.7. The molecule has 0 saturated carbocycles. The van der Waals surface area contributed by atoms with Crippen molar-refractivity contribution >= 4 is 6.09 Å². The predicted octanol–water partition coefficient (Wildman–Crippen LogP) is 2.21. The number of hydrogen-bond donors (Lipinski definition) is 0. The fraction of sp³-hybridized carbons (Fsp3) is 0.385. The monoisotopic (exact) mass is 249 g/mol. The average molecular weight is 249 g/mol. The molecule has 1 rings (SSSR count). The smallest absolute Gasteiger partial charge is 0.406 e. The van der Waals surface area contributed by atoms with Crippen LogP contribution in [0, 0.1) is 13.8 Å². The summed E-state index contributed by atoms with van der Waals surface area (Å²) < 4.78 is 7.06. The number of hydrogen-bond acceptors (Lipinski definition) is 3. The van der Waals surface area contributed by atoms with Crippen molar-refractivity contribution in [1.82, 2.24) is 14.7 Å². The number of carbonyl (C=O) groups excluding carboxylic acids is 1. The summed E-state index contributed by atoms with van der Waals surface area (Å²) in [5, 5.41) is 4.20.